The van der Waals surface area contributed by atoms with E-state index in [9.17, 15) is 9.59 Å². The lowest BCUT2D eigenvalue weighted by Gasteiger charge is -2.40. The Morgan fingerprint density at radius 3 is 2.60 bits per heavy atom. The average molecular weight is 280 g/mol. The van der Waals surface area contributed by atoms with E-state index in [2.05, 4.69) is 20.5 Å². The Morgan fingerprint density at radius 2 is 2.15 bits per heavy atom. The minimum absolute atomic E-state index is 0.0958. The number of aromatic nitrogens is 3. The van der Waals surface area contributed by atoms with E-state index >= 15 is 0 Å². The van der Waals surface area contributed by atoms with Crippen molar-refractivity contribution >= 4 is 11.9 Å². The highest BCUT2D eigenvalue weighted by molar-refractivity contribution is 5.90. The van der Waals surface area contributed by atoms with Gasteiger partial charge in [-0.3, -0.25) is 14.7 Å². The van der Waals surface area contributed by atoms with E-state index in [1.807, 2.05) is 13.8 Å². The number of nitrogens with one attached hydrogen (secondary N) is 2. The number of carboxylic acid groups (broad SMARTS) is 1. The fourth-order valence-electron chi connectivity index (χ4n) is 2.39. The van der Waals surface area contributed by atoms with Gasteiger partial charge in [-0.1, -0.05) is 20.3 Å². The van der Waals surface area contributed by atoms with Crippen molar-refractivity contribution < 1.29 is 14.7 Å². The first kappa shape index (κ1) is 14.5. The minimum Gasteiger partial charge on any atom is -0.481 e. The quantitative estimate of drug-likeness (QED) is 0.728. The van der Waals surface area contributed by atoms with Crippen LogP contribution < -0.4 is 5.32 Å². The number of rotatable bonds is 6. The number of aromatic amines is 1. The highest BCUT2D eigenvalue weighted by atomic mass is 16.4. The van der Waals surface area contributed by atoms with Crippen LogP contribution in [0.1, 0.15) is 61.9 Å². The van der Waals surface area contributed by atoms with E-state index in [0.29, 0.717) is 12.4 Å². The van der Waals surface area contributed by atoms with Crippen LogP contribution in [0.2, 0.25) is 0 Å². The van der Waals surface area contributed by atoms with Crippen LogP contribution in [0.4, 0.5) is 0 Å². The van der Waals surface area contributed by atoms with Crippen molar-refractivity contribution in [2.75, 3.05) is 6.54 Å². The van der Waals surface area contributed by atoms with Crippen molar-refractivity contribution in [1.82, 2.24) is 20.5 Å². The van der Waals surface area contributed by atoms with Gasteiger partial charge in [0.05, 0.1) is 6.42 Å². The molecular weight excluding hydrogens is 260 g/mol. The largest absolute Gasteiger partial charge is 0.481 e. The van der Waals surface area contributed by atoms with Crippen LogP contribution in [0.15, 0.2) is 0 Å². The first-order valence-corrected chi connectivity index (χ1v) is 6.84. The first-order chi connectivity index (χ1) is 9.42. The molecule has 0 atom stereocenters. The second-order valence-corrected chi connectivity index (χ2v) is 5.81. The number of carbonyl (C=O) groups is 2. The van der Waals surface area contributed by atoms with E-state index < -0.39 is 5.97 Å². The lowest BCUT2D eigenvalue weighted by molar-refractivity contribution is -0.141. The molecule has 0 radical (unpaired) electrons. The summed E-state index contributed by atoms with van der Waals surface area (Å²) >= 11 is 0. The maximum Gasteiger partial charge on any atom is 0.303 e. The van der Waals surface area contributed by atoms with Gasteiger partial charge in [-0.15, -0.1) is 5.10 Å². The summed E-state index contributed by atoms with van der Waals surface area (Å²) in [4.78, 5) is 26.9. The van der Waals surface area contributed by atoms with Crippen LogP contribution in [-0.4, -0.2) is 38.7 Å². The molecule has 0 aliphatic heterocycles. The van der Waals surface area contributed by atoms with Crippen LogP contribution in [0.25, 0.3) is 0 Å². The Morgan fingerprint density at radius 1 is 1.45 bits per heavy atom. The number of carboxylic acids is 1. The molecular formula is C13H20N4O3. The third-order valence-electron chi connectivity index (χ3n) is 3.82. The van der Waals surface area contributed by atoms with Crippen LogP contribution >= 0.6 is 0 Å². The summed E-state index contributed by atoms with van der Waals surface area (Å²) in [6.45, 7) is 4.28. The molecule has 7 heteroatoms. The fraction of sp³-hybridized carbons (Fsp3) is 0.692. The normalized spacial score (nSPS) is 16.8. The van der Waals surface area contributed by atoms with Crippen molar-refractivity contribution in [2.45, 2.75) is 45.4 Å². The van der Waals surface area contributed by atoms with Gasteiger partial charge >= 0.3 is 5.97 Å². The van der Waals surface area contributed by atoms with Gasteiger partial charge in [0.25, 0.3) is 5.91 Å². The summed E-state index contributed by atoms with van der Waals surface area (Å²) in [7, 11) is 0. The zero-order valence-electron chi connectivity index (χ0n) is 11.8. The Hall–Kier alpha value is -1.92. The maximum atomic E-state index is 11.9. The fourth-order valence-corrected chi connectivity index (χ4v) is 2.39. The molecule has 7 nitrogen and oxygen atoms in total. The topological polar surface area (TPSA) is 108 Å². The third-order valence-corrected chi connectivity index (χ3v) is 3.82. The van der Waals surface area contributed by atoms with Crippen LogP contribution in [0.3, 0.4) is 0 Å². The second kappa shape index (κ2) is 5.60. The van der Waals surface area contributed by atoms with E-state index in [1.165, 1.54) is 0 Å². The van der Waals surface area contributed by atoms with Gasteiger partial charge in [0.2, 0.25) is 5.82 Å². The number of aliphatic carboxylic acids is 1. The molecule has 1 fully saturated rings. The van der Waals surface area contributed by atoms with Gasteiger partial charge in [-0.25, -0.2) is 4.98 Å². The lowest BCUT2D eigenvalue weighted by atomic mass is 9.66. The highest BCUT2D eigenvalue weighted by Crippen LogP contribution is 2.43. The predicted octanol–water partition coefficient (Wildman–Crippen LogP) is 1.30. The predicted molar refractivity (Wildman–Crippen MR) is 71.3 cm³/mol. The third kappa shape index (κ3) is 3.15. The van der Waals surface area contributed by atoms with Gasteiger partial charge in [0, 0.05) is 12.5 Å². The molecule has 1 amide bonds. The van der Waals surface area contributed by atoms with Crippen molar-refractivity contribution in [1.29, 1.82) is 0 Å². The molecule has 0 bridgehead atoms. The average Bonchev–Trinajstić information content (AvgIpc) is 2.81. The van der Waals surface area contributed by atoms with E-state index in [0.717, 1.165) is 19.3 Å². The maximum absolute atomic E-state index is 11.9. The number of hydrogen-bond donors (Lipinski definition) is 3. The molecule has 1 saturated carbocycles. The van der Waals surface area contributed by atoms with Gasteiger partial charge in [0.1, 0.15) is 5.82 Å². The summed E-state index contributed by atoms with van der Waals surface area (Å²) in [6.07, 6.45) is 2.79. The molecule has 0 aromatic carbocycles. The molecule has 1 aliphatic rings. The molecule has 0 unspecified atom stereocenters. The summed E-state index contributed by atoms with van der Waals surface area (Å²) in [5.74, 6) is -0.227. The molecule has 0 saturated heterocycles. The Bertz CT molecular complexity index is 505. The van der Waals surface area contributed by atoms with E-state index in [4.69, 9.17) is 5.11 Å². The summed E-state index contributed by atoms with van der Waals surface area (Å²) in [5.41, 5.74) is -0.293. The van der Waals surface area contributed by atoms with Gasteiger partial charge in [-0.2, -0.15) is 0 Å². The molecule has 2 rings (SSSR count). The van der Waals surface area contributed by atoms with Crippen LogP contribution in [0.5, 0.6) is 0 Å². The Kier molecular flexibility index (Phi) is 4.06. The Balaban J connectivity index is 1.92. The molecule has 1 heterocycles. The number of nitrogens with zero attached hydrogens (tertiary/aromatic N) is 2. The number of hydrogen-bond acceptors (Lipinski definition) is 4. The zero-order valence-corrected chi connectivity index (χ0v) is 11.8. The summed E-state index contributed by atoms with van der Waals surface area (Å²) in [6, 6.07) is 0. The van der Waals surface area contributed by atoms with Gasteiger partial charge in [0.15, 0.2) is 0 Å². The monoisotopic (exact) mass is 280 g/mol. The minimum atomic E-state index is -0.820. The molecule has 0 spiro atoms. The number of amides is 1. The van der Waals surface area contributed by atoms with Gasteiger partial charge in [-0.05, 0) is 18.3 Å². The van der Waals surface area contributed by atoms with Crippen LogP contribution in [-0.2, 0) is 4.79 Å². The standard InChI is InChI=1S/C13H20N4O3/c1-8(2)10-15-11(17-16-10)12(20)14-7-13(4-3-5-13)6-9(18)19/h8H,3-7H2,1-2H3,(H,14,20)(H,18,19)(H,15,16,17). The molecule has 20 heavy (non-hydrogen) atoms. The molecule has 110 valence electrons. The van der Waals surface area contributed by atoms with Crippen molar-refractivity contribution in [2.24, 2.45) is 5.41 Å². The Labute approximate surface area is 117 Å². The number of carbonyl (C=O) groups excluding carboxylic acids is 1. The first-order valence-electron chi connectivity index (χ1n) is 6.84. The van der Waals surface area contributed by atoms with E-state index in [1.54, 1.807) is 0 Å². The smallest absolute Gasteiger partial charge is 0.303 e. The van der Waals surface area contributed by atoms with Crippen LogP contribution in [0, 0.1) is 5.41 Å². The zero-order chi connectivity index (χ0) is 14.8. The SMILES string of the molecule is CC(C)c1nc(C(=O)NCC2(CC(=O)O)CCC2)n[nH]1. The van der Waals surface area contributed by atoms with Gasteiger partial charge < -0.3 is 10.4 Å². The molecule has 1 aliphatic carbocycles. The molecule has 1 aromatic rings. The highest BCUT2D eigenvalue weighted by Gasteiger charge is 2.39. The summed E-state index contributed by atoms with van der Waals surface area (Å²) < 4.78 is 0. The molecule has 3 N–H and O–H groups in total. The second-order valence-electron chi connectivity index (χ2n) is 5.81. The van der Waals surface area contributed by atoms with Crippen molar-refractivity contribution in [3.63, 3.8) is 0 Å². The molecule has 1 aromatic heterocycles. The van der Waals surface area contributed by atoms with Crippen molar-refractivity contribution in [3.8, 4) is 0 Å². The lowest BCUT2D eigenvalue weighted by Crippen LogP contribution is -2.43. The van der Waals surface area contributed by atoms with Crippen molar-refractivity contribution in [3.05, 3.63) is 11.6 Å². The number of H-pyrrole nitrogens is 1. The summed E-state index contributed by atoms with van der Waals surface area (Å²) in [5, 5.41) is 18.3. The van der Waals surface area contributed by atoms with E-state index in [-0.39, 0.29) is 29.5 Å².